The molecule has 1 unspecified atom stereocenters. The summed E-state index contributed by atoms with van der Waals surface area (Å²) in [6.07, 6.45) is 0.825. The monoisotopic (exact) mass is 358 g/mol. The van der Waals surface area contributed by atoms with E-state index in [4.69, 9.17) is 0 Å². The molecule has 0 aromatic heterocycles. The lowest BCUT2D eigenvalue weighted by Gasteiger charge is -2.25. The molecular formula is C13H15BrN2O5. The van der Waals surface area contributed by atoms with Crippen LogP contribution in [0.15, 0.2) is 22.7 Å². The maximum absolute atomic E-state index is 12.1. The topological polar surface area (TPSA) is 110 Å². The summed E-state index contributed by atoms with van der Waals surface area (Å²) in [5.41, 5.74) is -1.63. The smallest absolute Gasteiger partial charge is 0.329 e. The van der Waals surface area contributed by atoms with Crippen LogP contribution < -0.4 is 5.32 Å². The summed E-state index contributed by atoms with van der Waals surface area (Å²) in [5.74, 6) is -1.82. The Morgan fingerprint density at radius 2 is 2.05 bits per heavy atom. The largest absolute Gasteiger partial charge is 0.480 e. The number of nitro benzene ring substituents is 1. The van der Waals surface area contributed by atoms with Crippen LogP contribution in [0.25, 0.3) is 0 Å². The number of carboxylic acid groups (broad SMARTS) is 1. The van der Waals surface area contributed by atoms with Crippen molar-refractivity contribution in [2.45, 2.75) is 32.2 Å². The summed E-state index contributed by atoms with van der Waals surface area (Å²) in [7, 11) is 0. The molecule has 8 heteroatoms. The Balaban J connectivity index is 3.08. The van der Waals surface area contributed by atoms with E-state index < -0.39 is 22.3 Å². The molecular weight excluding hydrogens is 344 g/mol. The van der Waals surface area contributed by atoms with Crippen LogP contribution in [0.2, 0.25) is 0 Å². The fourth-order valence-electron chi connectivity index (χ4n) is 1.86. The molecule has 0 saturated carbocycles. The Bertz CT molecular complexity index is 590. The maximum Gasteiger partial charge on any atom is 0.329 e. The number of nitro groups is 1. The molecule has 21 heavy (non-hydrogen) atoms. The molecule has 1 amide bonds. The number of hydrogen-bond acceptors (Lipinski definition) is 4. The summed E-state index contributed by atoms with van der Waals surface area (Å²) in [6, 6.07) is 3.77. The second-order valence-corrected chi connectivity index (χ2v) is 5.71. The van der Waals surface area contributed by atoms with Crippen LogP contribution in [0.4, 0.5) is 5.69 Å². The van der Waals surface area contributed by atoms with Crippen LogP contribution in [0.3, 0.4) is 0 Å². The molecule has 7 nitrogen and oxygen atoms in total. The normalized spacial score (nSPS) is 13.3. The van der Waals surface area contributed by atoms with Crippen LogP contribution in [0.5, 0.6) is 0 Å². The highest BCUT2D eigenvalue weighted by Gasteiger charge is 2.34. The average Bonchev–Trinajstić information content (AvgIpc) is 2.37. The summed E-state index contributed by atoms with van der Waals surface area (Å²) >= 11 is 3.09. The quantitative estimate of drug-likeness (QED) is 0.600. The zero-order valence-electron chi connectivity index (χ0n) is 11.6. The van der Waals surface area contributed by atoms with E-state index in [1.165, 1.54) is 19.1 Å². The van der Waals surface area contributed by atoms with Gasteiger partial charge in [-0.1, -0.05) is 29.3 Å². The number of benzene rings is 1. The van der Waals surface area contributed by atoms with Crippen molar-refractivity contribution in [3.63, 3.8) is 0 Å². The fourth-order valence-corrected chi connectivity index (χ4v) is 2.34. The Labute approximate surface area is 129 Å². The van der Waals surface area contributed by atoms with E-state index in [2.05, 4.69) is 21.2 Å². The fraction of sp³-hybridized carbons (Fsp3) is 0.385. The third-order valence-corrected chi connectivity index (χ3v) is 3.42. The number of nitrogens with one attached hydrogen (secondary N) is 1. The van der Waals surface area contributed by atoms with Crippen molar-refractivity contribution in [3.8, 4) is 0 Å². The second kappa shape index (κ2) is 6.66. The minimum absolute atomic E-state index is 0.0275. The molecule has 0 spiro atoms. The number of nitrogens with zero attached hydrogens (tertiary/aromatic N) is 1. The lowest BCUT2D eigenvalue weighted by molar-refractivity contribution is -0.385. The van der Waals surface area contributed by atoms with Gasteiger partial charge >= 0.3 is 5.97 Å². The van der Waals surface area contributed by atoms with Crippen molar-refractivity contribution in [1.29, 1.82) is 0 Å². The lowest BCUT2D eigenvalue weighted by Crippen LogP contribution is -2.52. The number of non-ortho nitro benzene ring substituents is 1. The predicted octanol–water partition coefficient (Wildman–Crippen LogP) is 2.73. The second-order valence-electron chi connectivity index (χ2n) is 4.80. The minimum atomic E-state index is -1.41. The zero-order valence-corrected chi connectivity index (χ0v) is 13.1. The van der Waals surface area contributed by atoms with E-state index in [1.54, 1.807) is 6.92 Å². The van der Waals surface area contributed by atoms with Crippen molar-refractivity contribution in [2.75, 3.05) is 0 Å². The van der Waals surface area contributed by atoms with E-state index in [0.717, 1.165) is 6.07 Å². The summed E-state index contributed by atoms with van der Waals surface area (Å²) in [6.45, 7) is 3.21. The SMILES string of the molecule is CCCC(C)(NC(=O)c1cc(Br)cc([N+](=O)[O-])c1)C(=O)O. The van der Waals surface area contributed by atoms with E-state index in [1.807, 2.05) is 0 Å². The molecule has 0 radical (unpaired) electrons. The number of carboxylic acids is 1. The number of aliphatic carboxylic acids is 1. The van der Waals surface area contributed by atoms with Crippen LogP contribution in [0.1, 0.15) is 37.0 Å². The molecule has 1 aromatic rings. The van der Waals surface area contributed by atoms with Crippen LogP contribution in [-0.4, -0.2) is 27.4 Å². The molecule has 0 aliphatic rings. The van der Waals surface area contributed by atoms with E-state index in [0.29, 0.717) is 10.9 Å². The Kier molecular flexibility index (Phi) is 5.42. The average molecular weight is 359 g/mol. The minimum Gasteiger partial charge on any atom is -0.480 e. The molecule has 0 aliphatic carbocycles. The van der Waals surface area contributed by atoms with E-state index in [-0.39, 0.29) is 17.7 Å². The number of hydrogen-bond donors (Lipinski definition) is 2. The maximum atomic E-state index is 12.1. The standard InChI is InChI=1S/C13H15BrN2O5/c1-3-4-13(2,12(18)19)15-11(17)8-5-9(14)7-10(6-8)16(20)21/h5-7H,3-4H2,1-2H3,(H,15,17)(H,18,19). The summed E-state index contributed by atoms with van der Waals surface area (Å²) in [5, 5.41) is 22.4. The molecule has 1 rings (SSSR count). The molecule has 0 bridgehead atoms. The van der Waals surface area contributed by atoms with Gasteiger partial charge in [0.05, 0.1) is 4.92 Å². The van der Waals surface area contributed by atoms with Gasteiger partial charge in [-0.3, -0.25) is 14.9 Å². The van der Waals surface area contributed by atoms with Gasteiger partial charge in [0.1, 0.15) is 5.54 Å². The number of rotatable bonds is 6. The number of amides is 1. The van der Waals surface area contributed by atoms with Crippen molar-refractivity contribution in [2.24, 2.45) is 0 Å². The first kappa shape index (κ1) is 17.1. The van der Waals surface area contributed by atoms with E-state index in [9.17, 15) is 24.8 Å². The third-order valence-electron chi connectivity index (χ3n) is 2.97. The van der Waals surface area contributed by atoms with Gasteiger partial charge < -0.3 is 10.4 Å². The number of carbonyl (C=O) groups excluding carboxylic acids is 1. The highest BCUT2D eigenvalue weighted by atomic mass is 79.9. The first-order valence-corrected chi connectivity index (χ1v) is 7.00. The van der Waals surface area contributed by atoms with Gasteiger partial charge in [-0.2, -0.15) is 0 Å². The highest BCUT2D eigenvalue weighted by Crippen LogP contribution is 2.22. The molecule has 114 valence electrons. The van der Waals surface area contributed by atoms with Crippen molar-refractivity contribution in [3.05, 3.63) is 38.3 Å². The Morgan fingerprint density at radius 3 is 2.52 bits per heavy atom. The molecule has 0 saturated heterocycles. The van der Waals surface area contributed by atoms with Gasteiger partial charge in [0.25, 0.3) is 11.6 Å². The molecule has 1 aromatic carbocycles. The Hall–Kier alpha value is -1.96. The van der Waals surface area contributed by atoms with Gasteiger partial charge in [0.2, 0.25) is 0 Å². The molecule has 0 fully saturated rings. The van der Waals surface area contributed by atoms with Crippen LogP contribution in [-0.2, 0) is 4.79 Å². The number of halogens is 1. The van der Waals surface area contributed by atoms with Gasteiger partial charge in [-0.05, 0) is 19.4 Å². The molecule has 0 heterocycles. The van der Waals surface area contributed by atoms with Crippen molar-refractivity contribution in [1.82, 2.24) is 5.32 Å². The van der Waals surface area contributed by atoms with Crippen molar-refractivity contribution < 1.29 is 19.6 Å². The summed E-state index contributed by atoms with van der Waals surface area (Å²) < 4.78 is 0.370. The molecule has 0 aliphatic heterocycles. The van der Waals surface area contributed by atoms with Gasteiger partial charge in [0.15, 0.2) is 0 Å². The van der Waals surface area contributed by atoms with Crippen LogP contribution >= 0.6 is 15.9 Å². The molecule has 1 atom stereocenters. The third kappa shape index (κ3) is 4.25. The predicted molar refractivity (Wildman–Crippen MR) is 79.2 cm³/mol. The lowest BCUT2D eigenvalue weighted by atomic mass is 9.95. The summed E-state index contributed by atoms with van der Waals surface area (Å²) in [4.78, 5) is 33.6. The van der Waals surface area contributed by atoms with Crippen LogP contribution in [0, 0.1) is 10.1 Å². The molecule has 2 N–H and O–H groups in total. The first-order valence-electron chi connectivity index (χ1n) is 6.20. The number of carbonyl (C=O) groups is 2. The highest BCUT2D eigenvalue weighted by molar-refractivity contribution is 9.10. The van der Waals surface area contributed by atoms with Gasteiger partial charge in [-0.15, -0.1) is 0 Å². The zero-order chi connectivity index (χ0) is 16.2. The van der Waals surface area contributed by atoms with Gasteiger partial charge in [-0.25, -0.2) is 4.79 Å². The first-order chi connectivity index (χ1) is 9.69. The van der Waals surface area contributed by atoms with Gasteiger partial charge in [0, 0.05) is 22.2 Å². The van der Waals surface area contributed by atoms with E-state index >= 15 is 0 Å². The Morgan fingerprint density at radius 1 is 1.43 bits per heavy atom. The van der Waals surface area contributed by atoms with Crippen molar-refractivity contribution >= 4 is 33.5 Å².